The molecule has 1 fully saturated rings. The molecule has 34 heavy (non-hydrogen) atoms. The van der Waals surface area contributed by atoms with Crippen molar-refractivity contribution in [3.63, 3.8) is 0 Å². The van der Waals surface area contributed by atoms with Gasteiger partial charge < -0.3 is 20.1 Å². The number of nitrogens with one attached hydrogen (secondary N) is 1. The third-order valence-electron chi connectivity index (χ3n) is 5.55. The summed E-state index contributed by atoms with van der Waals surface area (Å²) < 4.78 is 5.22. The van der Waals surface area contributed by atoms with E-state index in [0.29, 0.717) is 25.1 Å². The van der Waals surface area contributed by atoms with E-state index in [-0.39, 0.29) is 18.1 Å². The molecule has 3 atom stereocenters. The van der Waals surface area contributed by atoms with Crippen LogP contribution < -0.4 is 10.1 Å². The van der Waals surface area contributed by atoms with Crippen LogP contribution in [0.15, 0.2) is 60.7 Å². The van der Waals surface area contributed by atoms with E-state index in [1.165, 1.54) is 4.90 Å². The zero-order valence-electron chi connectivity index (χ0n) is 18.9. The molecule has 180 valence electrons. The van der Waals surface area contributed by atoms with E-state index in [0.717, 1.165) is 17.3 Å². The summed E-state index contributed by atoms with van der Waals surface area (Å²) in [5.41, 5.74) is 0.794. The monoisotopic (exact) mass is 484 g/mol. The van der Waals surface area contributed by atoms with Gasteiger partial charge in [-0.05, 0) is 42.3 Å². The summed E-state index contributed by atoms with van der Waals surface area (Å²) in [5, 5.41) is 11.7. The lowest BCUT2D eigenvalue weighted by Gasteiger charge is -2.27. The molecule has 0 aliphatic carbocycles. The third-order valence-corrected chi connectivity index (χ3v) is 6.54. The van der Waals surface area contributed by atoms with E-state index in [9.17, 15) is 24.3 Å². The molecule has 1 unspecified atom stereocenters. The number of rotatable bonds is 9. The molecule has 2 N–H and O–H groups in total. The fraction of sp³-hybridized carbons (Fsp3) is 0.360. The fourth-order valence-electron chi connectivity index (χ4n) is 3.78. The Kier molecular flexibility index (Phi) is 9.09. The largest absolute Gasteiger partial charge is 0.480 e. The molecule has 0 radical (unpaired) electrons. The van der Waals surface area contributed by atoms with Gasteiger partial charge in [0.15, 0.2) is 0 Å². The van der Waals surface area contributed by atoms with Crippen molar-refractivity contribution in [1.29, 1.82) is 0 Å². The molecule has 0 bridgehead atoms. The lowest BCUT2D eigenvalue weighted by molar-refractivity contribution is -0.144. The second-order valence-corrected chi connectivity index (χ2v) is 9.11. The number of carboxylic acids is 1. The number of likely N-dealkylation sites (tertiary alicyclic amines) is 1. The van der Waals surface area contributed by atoms with Gasteiger partial charge in [-0.2, -0.15) is 0 Å². The number of hydrogen-bond acceptors (Lipinski definition) is 6. The average Bonchev–Trinajstić information content (AvgIpc) is 3.33. The molecule has 3 rings (SSSR count). The summed E-state index contributed by atoms with van der Waals surface area (Å²) >= 11 is 0.905. The molecule has 1 aliphatic heterocycles. The molecule has 1 saturated heterocycles. The summed E-state index contributed by atoms with van der Waals surface area (Å²) in [6.07, 6.45) is 1.26. The molecule has 2 amide bonds. The Morgan fingerprint density at radius 1 is 1.09 bits per heavy atom. The second-order valence-electron chi connectivity index (χ2n) is 8.16. The summed E-state index contributed by atoms with van der Waals surface area (Å²) in [4.78, 5) is 51.2. The number of aliphatic carboxylic acids is 1. The zero-order chi connectivity index (χ0) is 24.5. The van der Waals surface area contributed by atoms with Crippen LogP contribution in [0.5, 0.6) is 5.75 Å². The first-order valence-corrected chi connectivity index (χ1v) is 12.1. The number of benzene rings is 2. The average molecular weight is 485 g/mol. The van der Waals surface area contributed by atoms with Crippen LogP contribution in [0.3, 0.4) is 0 Å². The molecular weight excluding hydrogens is 456 g/mol. The topological polar surface area (TPSA) is 113 Å². The summed E-state index contributed by atoms with van der Waals surface area (Å²) in [7, 11) is 0. The Morgan fingerprint density at radius 3 is 2.38 bits per heavy atom. The number of carbonyl (C=O) groups excluding carboxylic acids is 3. The summed E-state index contributed by atoms with van der Waals surface area (Å²) in [6, 6.07) is 15.9. The van der Waals surface area contributed by atoms with E-state index < -0.39 is 35.2 Å². The van der Waals surface area contributed by atoms with Crippen LogP contribution >= 0.6 is 11.8 Å². The smallest absolute Gasteiger partial charge is 0.372 e. The first-order valence-electron chi connectivity index (χ1n) is 11.1. The molecular formula is C25H28N2O6S. The van der Waals surface area contributed by atoms with Crippen molar-refractivity contribution >= 4 is 34.8 Å². The van der Waals surface area contributed by atoms with Crippen LogP contribution in [0.2, 0.25) is 0 Å². The van der Waals surface area contributed by atoms with Crippen LogP contribution in [0.1, 0.15) is 25.3 Å². The van der Waals surface area contributed by atoms with E-state index in [1.54, 1.807) is 43.3 Å². The van der Waals surface area contributed by atoms with Gasteiger partial charge in [0.05, 0.1) is 0 Å². The first kappa shape index (κ1) is 25.3. The molecule has 0 saturated carbocycles. The van der Waals surface area contributed by atoms with E-state index in [2.05, 4.69) is 5.32 Å². The number of amides is 2. The third kappa shape index (κ3) is 7.08. The highest BCUT2D eigenvalue weighted by Crippen LogP contribution is 2.23. The Labute approximate surface area is 202 Å². The van der Waals surface area contributed by atoms with Gasteiger partial charge in [-0.15, -0.1) is 0 Å². The predicted octanol–water partition coefficient (Wildman–Crippen LogP) is 3.36. The van der Waals surface area contributed by atoms with Crippen molar-refractivity contribution in [2.45, 2.75) is 38.3 Å². The second kappa shape index (κ2) is 12.2. The van der Waals surface area contributed by atoms with Gasteiger partial charge in [0.1, 0.15) is 17.8 Å². The lowest BCUT2D eigenvalue weighted by atomic mass is 10.1. The number of para-hydroxylation sites is 1. The molecule has 0 aromatic heterocycles. The van der Waals surface area contributed by atoms with Crippen LogP contribution in [-0.4, -0.2) is 57.5 Å². The van der Waals surface area contributed by atoms with Gasteiger partial charge in [0.2, 0.25) is 11.8 Å². The van der Waals surface area contributed by atoms with E-state index in [1.807, 2.05) is 24.3 Å². The Balaban J connectivity index is 1.54. The highest BCUT2D eigenvalue weighted by Gasteiger charge is 2.37. The molecule has 1 aliphatic rings. The van der Waals surface area contributed by atoms with E-state index in [4.69, 9.17) is 4.74 Å². The number of carboxylic acid groups (broad SMARTS) is 1. The number of thioether (sulfide) groups is 1. The van der Waals surface area contributed by atoms with Gasteiger partial charge in [0.25, 0.3) is 0 Å². The van der Waals surface area contributed by atoms with Crippen LogP contribution in [0.25, 0.3) is 0 Å². The van der Waals surface area contributed by atoms with Gasteiger partial charge in [-0.3, -0.25) is 9.59 Å². The Morgan fingerprint density at radius 2 is 1.74 bits per heavy atom. The number of ether oxygens (including phenoxy) is 1. The minimum atomic E-state index is -1.13. The predicted molar refractivity (Wildman–Crippen MR) is 129 cm³/mol. The van der Waals surface area contributed by atoms with Gasteiger partial charge >= 0.3 is 11.3 Å². The summed E-state index contributed by atoms with van der Waals surface area (Å²) in [5.74, 6) is -1.72. The van der Waals surface area contributed by atoms with Crippen LogP contribution in [-0.2, 0) is 20.8 Å². The zero-order valence-corrected chi connectivity index (χ0v) is 19.7. The van der Waals surface area contributed by atoms with Crippen molar-refractivity contribution in [3.8, 4) is 5.75 Å². The normalized spacial score (nSPS) is 17.0. The maximum absolute atomic E-state index is 13.0. The Bertz CT molecular complexity index is 1000. The van der Waals surface area contributed by atoms with Gasteiger partial charge in [-0.1, -0.05) is 55.5 Å². The van der Waals surface area contributed by atoms with Crippen LogP contribution in [0.4, 0.5) is 4.79 Å². The molecule has 0 spiro atoms. The standard InChI is InChI=1S/C25H28N2O6S/c1-17(16-34-25(32)33-19-11-6-3-7-12-19)23(29)27-14-8-13-21(27)22(28)26-20(24(30)31)15-18-9-4-2-5-10-18/h2-7,9-12,17,20-21H,8,13-16H2,1H3,(H,26,28)(H,30,31)/t17?,20-,21-/m0/s1. The molecule has 2 aromatic carbocycles. The van der Waals surface area contributed by atoms with Gasteiger partial charge in [0, 0.05) is 24.6 Å². The minimum absolute atomic E-state index is 0.152. The summed E-state index contributed by atoms with van der Waals surface area (Å²) in [6.45, 7) is 2.12. The highest BCUT2D eigenvalue weighted by molar-refractivity contribution is 8.13. The maximum Gasteiger partial charge on any atom is 0.372 e. The maximum atomic E-state index is 13.0. The SMILES string of the molecule is CC(CSC(=O)Oc1ccccc1)C(=O)N1CCC[C@H]1C(=O)N[C@@H](Cc1ccccc1)C(=O)O. The van der Waals surface area contributed by atoms with Crippen molar-refractivity contribution in [3.05, 3.63) is 66.2 Å². The quantitative estimate of drug-likeness (QED) is 0.525. The highest BCUT2D eigenvalue weighted by atomic mass is 32.2. The van der Waals surface area contributed by atoms with Crippen molar-refractivity contribution in [2.24, 2.45) is 5.92 Å². The minimum Gasteiger partial charge on any atom is -0.480 e. The van der Waals surface area contributed by atoms with Crippen molar-refractivity contribution in [2.75, 3.05) is 12.3 Å². The fourth-order valence-corrected chi connectivity index (χ4v) is 4.47. The number of nitrogens with zero attached hydrogens (tertiary/aromatic N) is 1. The lowest BCUT2D eigenvalue weighted by Crippen LogP contribution is -2.52. The van der Waals surface area contributed by atoms with Crippen molar-refractivity contribution in [1.82, 2.24) is 10.2 Å². The van der Waals surface area contributed by atoms with Gasteiger partial charge in [-0.25, -0.2) is 9.59 Å². The first-order chi connectivity index (χ1) is 16.3. The van der Waals surface area contributed by atoms with Crippen molar-refractivity contribution < 1.29 is 29.0 Å². The van der Waals surface area contributed by atoms with E-state index >= 15 is 0 Å². The molecule has 1 heterocycles. The molecule has 9 heteroatoms. The Hall–Kier alpha value is -3.33. The number of hydrogen-bond donors (Lipinski definition) is 2. The molecule has 2 aromatic rings. The molecule has 8 nitrogen and oxygen atoms in total. The van der Waals surface area contributed by atoms with Crippen LogP contribution in [0, 0.1) is 5.92 Å². The number of carbonyl (C=O) groups is 4.